The molecule has 0 aromatic carbocycles. The maximum atomic E-state index is 10.6. The molecule has 0 aliphatic heterocycles. The van der Waals surface area contributed by atoms with Crippen molar-refractivity contribution in [1.29, 1.82) is 0 Å². The molecule has 0 aliphatic rings. The molecule has 0 aliphatic carbocycles. The van der Waals surface area contributed by atoms with Crippen LogP contribution in [-0.4, -0.2) is 31.1 Å². The number of carboxylic acids is 1. The Kier molecular flexibility index (Phi) is 14.2. The van der Waals surface area contributed by atoms with Gasteiger partial charge in [-0.1, -0.05) is 77.6 Å². The Hall–Kier alpha value is -0.830. The molecule has 136 valence electrons. The largest absolute Gasteiger partial charge is 0.544 e. The van der Waals surface area contributed by atoms with E-state index in [4.69, 9.17) is 0 Å². The Morgan fingerprint density at radius 3 is 1.70 bits per heavy atom. The lowest BCUT2D eigenvalue weighted by molar-refractivity contribution is -0.833. The van der Waals surface area contributed by atoms with Crippen molar-refractivity contribution >= 4 is 5.97 Å². The molecular formula is C20H39NO2. The standard InChI is InChI=1S/C20H39NO2/c1-4-5-6-7-8-9-10-11-12-13-14-15-16-17-18-21(2,3)19-20(22)23/h17-18H,4-16,19H2,1-3H3/b18-17+. The molecule has 0 atom stereocenters. The molecule has 0 aromatic heterocycles. The summed E-state index contributed by atoms with van der Waals surface area (Å²) < 4.78 is 0.362. The van der Waals surface area contributed by atoms with Gasteiger partial charge in [-0.25, -0.2) is 0 Å². The van der Waals surface area contributed by atoms with Crippen LogP contribution in [0.3, 0.4) is 0 Å². The highest BCUT2D eigenvalue weighted by Gasteiger charge is 2.10. The summed E-state index contributed by atoms with van der Waals surface area (Å²) in [4.78, 5) is 10.6. The molecule has 0 unspecified atom stereocenters. The van der Waals surface area contributed by atoms with E-state index in [-0.39, 0.29) is 6.54 Å². The monoisotopic (exact) mass is 325 g/mol. The molecule has 0 saturated heterocycles. The third kappa shape index (κ3) is 17.4. The molecule has 0 bridgehead atoms. The summed E-state index contributed by atoms with van der Waals surface area (Å²) in [6.07, 6.45) is 21.5. The van der Waals surface area contributed by atoms with E-state index in [0.29, 0.717) is 4.48 Å². The van der Waals surface area contributed by atoms with Gasteiger partial charge >= 0.3 is 0 Å². The summed E-state index contributed by atoms with van der Waals surface area (Å²) in [6.45, 7) is 2.30. The summed E-state index contributed by atoms with van der Waals surface area (Å²) in [7, 11) is 3.77. The van der Waals surface area contributed by atoms with Gasteiger partial charge in [-0.2, -0.15) is 0 Å². The van der Waals surface area contributed by atoms with Crippen molar-refractivity contribution in [2.45, 2.75) is 90.4 Å². The smallest absolute Gasteiger partial charge is 0.123 e. The van der Waals surface area contributed by atoms with Crippen LogP contribution >= 0.6 is 0 Å². The van der Waals surface area contributed by atoms with E-state index in [9.17, 15) is 9.90 Å². The van der Waals surface area contributed by atoms with E-state index in [0.717, 1.165) is 6.42 Å². The summed E-state index contributed by atoms with van der Waals surface area (Å²) in [5, 5.41) is 10.6. The number of unbranched alkanes of at least 4 members (excludes halogenated alkanes) is 12. The van der Waals surface area contributed by atoms with Crippen LogP contribution in [0.15, 0.2) is 12.3 Å². The number of nitrogens with zero attached hydrogens (tertiary/aromatic N) is 1. The van der Waals surface area contributed by atoms with Crippen LogP contribution in [0.25, 0.3) is 0 Å². The highest BCUT2D eigenvalue weighted by molar-refractivity contribution is 5.65. The van der Waals surface area contributed by atoms with Crippen molar-refractivity contribution in [2.24, 2.45) is 0 Å². The van der Waals surface area contributed by atoms with Crippen molar-refractivity contribution in [3.8, 4) is 0 Å². The fourth-order valence-electron chi connectivity index (χ4n) is 2.85. The van der Waals surface area contributed by atoms with Crippen LogP contribution in [-0.2, 0) is 4.79 Å². The van der Waals surface area contributed by atoms with Crippen LogP contribution in [0.4, 0.5) is 0 Å². The number of allylic oxidation sites excluding steroid dienone is 1. The van der Waals surface area contributed by atoms with Gasteiger partial charge in [0, 0.05) is 0 Å². The zero-order chi connectivity index (χ0) is 17.4. The Bertz CT molecular complexity index is 311. The summed E-state index contributed by atoms with van der Waals surface area (Å²) >= 11 is 0. The lowest BCUT2D eigenvalue weighted by atomic mass is 10.0. The maximum Gasteiger partial charge on any atom is 0.123 e. The number of aliphatic carboxylic acids is 1. The average molecular weight is 326 g/mol. The number of rotatable bonds is 16. The van der Waals surface area contributed by atoms with Gasteiger partial charge in [-0.3, -0.25) is 4.48 Å². The van der Waals surface area contributed by atoms with Crippen molar-refractivity contribution in [3.05, 3.63) is 12.3 Å². The van der Waals surface area contributed by atoms with E-state index in [2.05, 4.69) is 13.0 Å². The number of hydrogen-bond donors (Lipinski definition) is 0. The molecule has 23 heavy (non-hydrogen) atoms. The molecule has 0 N–H and O–H groups in total. The molecule has 0 fully saturated rings. The first-order chi connectivity index (χ1) is 11.0. The Balaban J connectivity index is 3.32. The third-order valence-corrected chi connectivity index (χ3v) is 4.27. The average Bonchev–Trinajstić information content (AvgIpc) is 2.46. The van der Waals surface area contributed by atoms with Crippen LogP contribution < -0.4 is 5.11 Å². The quantitative estimate of drug-likeness (QED) is 0.311. The van der Waals surface area contributed by atoms with Crippen LogP contribution in [0.2, 0.25) is 0 Å². The highest BCUT2D eigenvalue weighted by atomic mass is 16.4. The first kappa shape index (κ1) is 22.2. The van der Waals surface area contributed by atoms with Crippen molar-refractivity contribution in [2.75, 3.05) is 20.6 Å². The number of likely N-dealkylation sites (N-methyl/N-ethyl adjacent to an activating group) is 1. The topological polar surface area (TPSA) is 40.1 Å². The molecule has 0 radical (unpaired) electrons. The van der Waals surface area contributed by atoms with E-state index in [1.807, 2.05) is 20.3 Å². The Morgan fingerprint density at radius 1 is 0.826 bits per heavy atom. The molecular weight excluding hydrogens is 286 g/mol. The van der Waals surface area contributed by atoms with Crippen LogP contribution in [0, 0.1) is 0 Å². The van der Waals surface area contributed by atoms with Gasteiger partial charge in [-0.05, 0) is 18.9 Å². The zero-order valence-corrected chi connectivity index (χ0v) is 15.8. The zero-order valence-electron chi connectivity index (χ0n) is 15.8. The number of carboxylic acid groups (broad SMARTS) is 1. The minimum atomic E-state index is -0.995. The van der Waals surface area contributed by atoms with Crippen molar-refractivity contribution in [1.82, 2.24) is 0 Å². The fourth-order valence-corrected chi connectivity index (χ4v) is 2.85. The van der Waals surface area contributed by atoms with Gasteiger partial charge in [-0.15, -0.1) is 0 Å². The lowest BCUT2D eigenvalue weighted by Crippen LogP contribution is -2.44. The van der Waals surface area contributed by atoms with E-state index < -0.39 is 5.97 Å². The molecule has 3 heteroatoms. The van der Waals surface area contributed by atoms with Gasteiger partial charge in [0.15, 0.2) is 0 Å². The number of carbonyl (C=O) groups is 1. The Labute approximate surface area is 144 Å². The summed E-state index contributed by atoms with van der Waals surface area (Å²) in [5.41, 5.74) is 0. The second kappa shape index (κ2) is 14.7. The van der Waals surface area contributed by atoms with Crippen molar-refractivity contribution < 1.29 is 14.4 Å². The summed E-state index contributed by atoms with van der Waals surface area (Å²) in [5.74, 6) is -0.995. The van der Waals surface area contributed by atoms with E-state index in [1.165, 1.54) is 77.0 Å². The van der Waals surface area contributed by atoms with Gasteiger partial charge in [0.05, 0.1) is 26.3 Å². The predicted octanol–water partition coefficient (Wildman–Crippen LogP) is 4.42. The minimum Gasteiger partial charge on any atom is -0.544 e. The maximum absolute atomic E-state index is 10.6. The van der Waals surface area contributed by atoms with Crippen molar-refractivity contribution in [3.63, 3.8) is 0 Å². The molecule has 0 spiro atoms. The van der Waals surface area contributed by atoms with Crippen LogP contribution in [0.1, 0.15) is 90.4 Å². The van der Waals surface area contributed by atoms with E-state index in [1.54, 1.807) is 0 Å². The minimum absolute atomic E-state index is 0.0367. The molecule has 0 heterocycles. The molecule has 3 nitrogen and oxygen atoms in total. The van der Waals surface area contributed by atoms with Gasteiger partial charge in [0.25, 0.3) is 0 Å². The predicted molar refractivity (Wildman–Crippen MR) is 96.8 cm³/mol. The number of quaternary nitrogens is 1. The molecule has 0 aromatic rings. The second-order valence-corrected chi connectivity index (χ2v) is 7.37. The number of hydrogen-bond acceptors (Lipinski definition) is 2. The molecule has 0 saturated carbocycles. The van der Waals surface area contributed by atoms with Crippen LogP contribution in [0.5, 0.6) is 0 Å². The molecule has 0 amide bonds. The molecule has 0 rings (SSSR count). The Morgan fingerprint density at radius 2 is 1.26 bits per heavy atom. The first-order valence-electron chi connectivity index (χ1n) is 9.68. The van der Waals surface area contributed by atoms with Gasteiger partial charge in [0.2, 0.25) is 0 Å². The first-order valence-corrected chi connectivity index (χ1v) is 9.68. The highest BCUT2D eigenvalue weighted by Crippen LogP contribution is 2.12. The SMILES string of the molecule is CCCCCCCCCCCCCC/C=C/[N+](C)(C)CC(=O)[O-]. The van der Waals surface area contributed by atoms with Gasteiger partial charge in [0.1, 0.15) is 6.54 Å². The van der Waals surface area contributed by atoms with E-state index >= 15 is 0 Å². The second-order valence-electron chi connectivity index (χ2n) is 7.37. The summed E-state index contributed by atoms with van der Waals surface area (Å²) in [6, 6.07) is 0. The number of carbonyl (C=O) groups excluding carboxylic acids is 1. The third-order valence-electron chi connectivity index (χ3n) is 4.27. The normalized spacial score (nSPS) is 12.1. The fraction of sp³-hybridized carbons (Fsp3) is 0.850. The van der Waals surface area contributed by atoms with Gasteiger partial charge < -0.3 is 9.90 Å². The lowest BCUT2D eigenvalue weighted by Gasteiger charge is -2.25.